The highest BCUT2D eigenvalue weighted by Crippen LogP contribution is 2.24. The lowest BCUT2D eigenvalue weighted by Crippen LogP contribution is -2.29. The first-order valence-electron chi connectivity index (χ1n) is 6.74. The molecule has 110 valence electrons. The molecule has 0 spiro atoms. The normalized spacial score (nSPS) is 22.4. The van der Waals surface area contributed by atoms with E-state index in [2.05, 4.69) is 15.3 Å². The van der Waals surface area contributed by atoms with E-state index in [0.29, 0.717) is 5.82 Å². The average Bonchev–Trinajstić information content (AvgIpc) is 2.42. The molecule has 1 aromatic heterocycles. The number of carbonyl (C=O) groups excluding carboxylic acids is 1. The van der Waals surface area contributed by atoms with Crippen LogP contribution in [0, 0.1) is 0 Å². The van der Waals surface area contributed by atoms with E-state index >= 15 is 0 Å². The van der Waals surface area contributed by atoms with Crippen molar-refractivity contribution < 1.29 is 14.6 Å². The van der Waals surface area contributed by atoms with Gasteiger partial charge in [-0.15, -0.1) is 0 Å². The maximum absolute atomic E-state index is 11.8. The van der Waals surface area contributed by atoms with Gasteiger partial charge in [-0.1, -0.05) is 0 Å². The molecule has 1 aliphatic carbocycles. The van der Waals surface area contributed by atoms with Crippen LogP contribution in [0.3, 0.4) is 0 Å². The SMILES string of the molecule is CCOC(=O)c1cnc(Cl)nc1NC1CCC(O)CC1. The Hall–Kier alpha value is -1.40. The second kappa shape index (κ2) is 6.85. The third-order valence-electron chi connectivity index (χ3n) is 3.29. The van der Waals surface area contributed by atoms with E-state index in [4.69, 9.17) is 16.3 Å². The Morgan fingerprint density at radius 3 is 2.85 bits per heavy atom. The molecule has 0 atom stereocenters. The molecule has 0 bridgehead atoms. The van der Waals surface area contributed by atoms with Crippen molar-refractivity contribution in [3.05, 3.63) is 17.0 Å². The number of nitrogens with zero attached hydrogens (tertiary/aromatic N) is 2. The molecule has 1 fully saturated rings. The van der Waals surface area contributed by atoms with Gasteiger partial charge in [-0.25, -0.2) is 9.78 Å². The summed E-state index contributed by atoms with van der Waals surface area (Å²) in [5.74, 6) is -0.0765. The van der Waals surface area contributed by atoms with Crippen molar-refractivity contribution in [3.8, 4) is 0 Å². The fourth-order valence-corrected chi connectivity index (χ4v) is 2.38. The molecule has 0 radical (unpaired) electrons. The van der Waals surface area contributed by atoms with Gasteiger partial charge in [-0.05, 0) is 44.2 Å². The van der Waals surface area contributed by atoms with E-state index in [0.717, 1.165) is 25.7 Å². The Kier molecular flexibility index (Phi) is 5.14. The van der Waals surface area contributed by atoms with E-state index in [9.17, 15) is 9.90 Å². The molecule has 2 rings (SSSR count). The van der Waals surface area contributed by atoms with Crippen LogP contribution in [-0.4, -0.2) is 39.8 Å². The van der Waals surface area contributed by atoms with Gasteiger partial charge in [-0.2, -0.15) is 4.98 Å². The number of esters is 1. The summed E-state index contributed by atoms with van der Waals surface area (Å²) in [5.41, 5.74) is 0.280. The van der Waals surface area contributed by atoms with E-state index in [1.165, 1.54) is 6.20 Å². The smallest absolute Gasteiger partial charge is 0.343 e. The number of nitrogens with one attached hydrogen (secondary N) is 1. The minimum Gasteiger partial charge on any atom is -0.462 e. The standard InChI is InChI=1S/C13H18ClN3O3/c1-2-20-12(19)10-7-15-13(14)17-11(10)16-8-3-5-9(18)6-4-8/h7-9,18H,2-6H2,1H3,(H,15,16,17). The van der Waals surface area contributed by atoms with Crippen LogP contribution < -0.4 is 5.32 Å². The Bertz CT molecular complexity index is 476. The minimum atomic E-state index is -0.470. The number of rotatable bonds is 4. The van der Waals surface area contributed by atoms with Gasteiger partial charge < -0.3 is 15.2 Å². The quantitative estimate of drug-likeness (QED) is 0.653. The Morgan fingerprint density at radius 1 is 1.50 bits per heavy atom. The van der Waals surface area contributed by atoms with Crippen LogP contribution in [-0.2, 0) is 4.74 Å². The number of aliphatic hydroxyl groups excluding tert-OH is 1. The minimum absolute atomic E-state index is 0.0800. The highest BCUT2D eigenvalue weighted by Gasteiger charge is 2.22. The molecule has 1 saturated carbocycles. The summed E-state index contributed by atoms with van der Waals surface area (Å²) in [4.78, 5) is 19.7. The topological polar surface area (TPSA) is 84.3 Å². The molecular formula is C13H18ClN3O3. The van der Waals surface area contributed by atoms with E-state index < -0.39 is 5.97 Å². The van der Waals surface area contributed by atoms with Crippen molar-refractivity contribution in [1.82, 2.24) is 9.97 Å². The summed E-state index contributed by atoms with van der Waals surface area (Å²) < 4.78 is 4.97. The summed E-state index contributed by atoms with van der Waals surface area (Å²) in [6, 6.07) is 0.164. The number of aliphatic hydroxyl groups is 1. The van der Waals surface area contributed by atoms with Crippen molar-refractivity contribution in [2.24, 2.45) is 0 Å². The molecule has 0 unspecified atom stereocenters. The largest absolute Gasteiger partial charge is 0.462 e. The molecule has 1 aliphatic rings. The molecule has 20 heavy (non-hydrogen) atoms. The van der Waals surface area contributed by atoms with Gasteiger partial charge in [0.25, 0.3) is 0 Å². The molecule has 1 heterocycles. The van der Waals surface area contributed by atoms with Crippen LogP contribution in [0.4, 0.5) is 5.82 Å². The van der Waals surface area contributed by atoms with Gasteiger partial charge in [0.05, 0.1) is 12.7 Å². The van der Waals surface area contributed by atoms with E-state index in [1.807, 2.05) is 0 Å². The first-order valence-corrected chi connectivity index (χ1v) is 7.12. The maximum atomic E-state index is 11.8. The summed E-state index contributed by atoms with van der Waals surface area (Å²) in [5, 5.41) is 12.8. The van der Waals surface area contributed by atoms with Gasteiger partial charge in [0.1, 0.15) is 11.4 Å². The predicted octanol–water partition coefficient (Wildman–Crippen LogP) is 2.02. The van der Waals surface area contributed by atoms with Crippen molar-refractivity contribution >= 4 is 23.4 Å². The van der Waals surface area contributed by atoms with Gasteiger partial charge in [0, 0.05) is 12.2 Å². The number of hydrogen-bond acceptors (Lipinski definition) is 6. The molecule has 7 heteroatoms. The van der Waals surface area contributed by atoms with Crippen LogP contribution in [0.25, 0.3) is 0 Å². The fourth-order valence-electron chi connectivity index (χ4n) is 2.24. The summed E-state index contributed by atoms with van der Waals surface area (Å²) >= 11 is 5.79. The predicted molar refractivity (Wildman–Crippen MR) is 74.9 cm³/mol. The summed E-state index contributed by atoms with van der Waals surface area (Å²) in [6.07, 6.45) is 4.27. The molecule has 1 aromatic rings. The maximum Gasteiger partial charge on any atom is 0.343 e. The number of ether oxygens (including phenoxy) is 1. The zero-order chi connectivity index (χ0) is 14.5. The Balaban J connectivity index is 2.12. The number of carbonyl (C=O) groups is 1. The number of halogens is 1. The first-order chi connectivity index (χ1) is 9.60. The average molecular weight is 300 g/mol. The molecular weight excluding hydrogens is 282 g/mol. The Morgan fingerprint density at radius 2 is 2.20 bits per heavy atom. The summed E-state index contributed by atoms with van der Waals surface area (Å²) in [7, 11) is 0. The van der Waals surface area contributed by atoms with Gasteiger partial charge >= 0.3 is 5.97 Å². The van der Waals surface area contributed by atoms with Crippen molar-refractivity contribution in [2.75, 3.05) is 11.9 Å². The van der Waals surface area contributed by atoms with E-state index in [-0.39, 0.29) is 29.6 Å². The van der Waals surface area contributed by atoms with Crippen molar-refractivity contribution in [3.63, 3.8) is 0 Å². The fraction of sp³-hybridized carbons (Fsp3) is 0.615. The molecule has 2 N–H and O–H groups in total. The lowest BCUT2D eigenvalue weighted by molar-refractivity contribution is 0.0526. The van der Waals surface area contributed by atoms with Gasteiger partial charge in [-0.3, -0.25) is 0 Å². The van der Waals surface area contributed by atoms with Crippen molar-refractivity contribution in [2.45, 2.75) is 44.8 Å². The van der Waals surface area contributed by atoms with Gasteiger partial charge in [0.15, 0.2) is 0 Å². The van der Waals surface area contributed by atoms with E-state index in [1.54, 1.807) is 6.92 Å². The van der Waals surface area contributed by atoms with Gasteiger partial charge in [0.2, 0.25) is 5.28 Å². The number of aromatic nitrogens is 2. The van der Waals surface area contributed by atoms with Crippen molar-refractivity contribution in [1.29, 1.82) is 0 Å². The van der Waals surface area contributed by atoms with Crippen LogP contribution in [0.2, 0.25) is 5.28 Å². The first kappa shape index (κ1) is 15.0. The van der Waals surface area contributed by atoms with Crippen LogP contribution in [0.15, 0.2) is 6.20 Å². The number of hydrogen-bond donors (Lipinski definition) is 2. The highest BCUT2D eigenvalue weighted by atomic mass is 35.5. The zero-order valence-corrected chi connectivity index (χ0v) is 12.1. The zero-order valence-electron chi connectivity index (χ0n) is 11.3. The van der Waals surface area contributed by atoms with Crippen LogP contribution in [0.1, 0.15) is 43.0 Å². The molecule has 6 nitrogen and oxygen atoms in total. The molecule has 0 aromatic carbocycles. The lowest BCUT2D eigenvalue weighted by Gasteiger charge is -2.27. The van der Waals surface area contributed by atoms with Crippen LogP contribution in [0.5, 0.6) is 0 Å². The second-order valence-electron chi connectivity index (χ2n) is 4.77. The monoisotopic (exact) mass is 299 g/mol. The third kappa shape index (κ3) is 3.80. The van der Waals surface area contributed by atoms with Crippen LogP contribution >= 0.6 is 11.6 Å². The highest BCUT2D eigenvalue weighted by molar-refractivity contribution is 6.28. The number of anilines is 1. The lowest BCUT2D eigenvalue weighted by atomic mass is 9.93. The summed E-state index contributed by atoms with van der Waals surface area (Å²) in [6.45, 7) is 2.03. The Labute approximate surface area is 122 Å². The second-order valence-corrected chi connectivity index (χ2v) is 5.11. The molecule has 0 amide bonds. The molecule has 0 saturated heterocycles. The molecule has 0 aliphatic heterocycles. The third-order valence-corrected chi connectivity index (χ3v) is 3.47.